The average molecular weight is 256 g/mol. The molecule has 0 saturated heterocycles. The number of hydrogen-bond acceptors (Lipinski definition) is 6. The maximum atomic E-state index is 10.1. The summed E-state index contributed by atoms with van der Waals surface area (Å²) in [7, 11) is 0. The highest BCUT2D eigenvalue weighted by Gasteiger charge is 2.21. The van der Waals surface area contributed by atoms with Gasteiger partial charge in [-0.15, -0.1) is 0 Å². The first-order valence-electron chi connectivity index (χ1n) is 5.57. The van der Waals surface area contributed by atoms with Crippen LogP contribution in [0.1, 0.15) is 0 Å². The zero-order chi connectivity index (χ0) is 13.0. The fraction of sp³-hybridized carbons (Fsp3) is 0. The summed E-state index contributed by atoms with van der Waals surface area (Å²) in [5.41, 5.74) is 7.11. The van der Waals surface area contributed by atoms with E-state index in [-0.39, 0.29) is 11.6 Å². The van der Waals surface area contributed by atoms with E-state index in [1.165, 1.54) is 12.5 Å². The van der Waals surface area contributed by atoms with Crippen LogP contribution >= 0.6 is 0 Å². The molecule has 0 aliphatic carbocycles. The number of benzene rings is 1. The number of phenolic OH excluding ortho intramolecular Hbond substituents is 1. The Morgan fingerprint density at radius 2 is 1.79 bits per heavy atom. The van der Waals surface area contributed by atoms with Crippen LogP contribution in [-0.4, -0.2) is 10.3 Å². The molecule has 3 heterocycles. The van der Waals surface area contributed by atoms with E-state index in [9.17, 15) is 5.11 Å². The molecule has 0 unspecified atom stereocenters. The Morgan fingerprint density at radius 3 is 2.53 bits per heavy atom. The van der Waals surface area contributed by atoms with Gasteiger partial charge in [-0.25, -0.2) is 0 Å². The first kappa shape index (κ1) is 10.1. The molecule has 0 saturated carbocycles. The number of hydrogen-bond donors (Lipinski definition) is 2. The Labute approximate surface area is 106 Å². The molecule has 0 bridgehead atoms. The fourth-order valence-electron chi connectivity index (χ4n) is 2.27. The molecule has 94 valence electrons. The summed E-state index contributed by atoms with van der Waals surface area (Å²) in [6.45, 7) is 0. The summed E-state index contributed by atoms with van der Waals surface area (Å²) in [5.74, 6) is 0.781. The fourth-order valence-corrected chi connectivity index (χ4v) is 2.27. The summed E-state index contributed by atoms with van der Waals surface area (Å²) in [5, 5.41) is 15.0. The van der Waals surface area contributed by atoms with Gasteiger partial charge in [0.1, 0.15) is 5.58 Å². The van der Waals surface area contributed by atoms with Crippen molar-refractivity contribution in [2.75, 3.05) is 5.73 Å². The quantitative estimate of drug-likeness (QED) is 0.542. The Hall–Kier alpha value is -2.89. The maximum absolute atomic E-state index is 10.1. The first-order chi connectivity index (χ1) is 9.25. The van der Waals surface area contributed by atoms with Gasteiger partial charge in [0, 0.05) is 11.5 Å². The molecule has 4 rings (SSSR count). The van der Waals surface area contributed by atoms with Crippen molar-refractivity contribution >= 4 is 27.8 Å². The average Bonchev–Trinajstić information content (AvgIpc) is 3.09. The summed E-state index contributed by atoms with van der Waals surface area (Å²) in [6, 6.07) is 4.99. The van der Waals surface area contributed by atoms with E-state index >= 15 is 0 Å². The Bertz CT molecular complexity index is 848. The number of furan rings is 2. The lowest BCUT2D eigenvalue weighted by Gasteiger charge is -2.02. The monoisotopic (exact) mass is 256 g/mol. The summed E-state index contributed by atoms with van der Waals surface area (Å²) in [4.78, 5) is 0. The van der Waals surface area contributed by atoms with Gasteiger partial charge in [0.25, 0.3) is 0 Å². The van der Waals surface area contributed by atoms with Crippen LogP contribution in [0.15, 0.2) is 44.1 Å². The Kier molecular flexibility index (Phi) is 1.76. The molecule has 0 amide bonds. The van der Waals surface area contributed by atoms with Crippen molar-refractivity contribution in [3.8, 4) is 17.1 Å². The van der Waals surface area contributed by atoms with E-state index in [0.29, 0.717) is 33.3 Å². The number of nitrogen functional groups attached to an aromatic ring is 1. The van der Waals surface area contributed by atoms with Crippen LogP contribution in [0, 0.1) is 0 Å². The van der Waals surface area contributed by atoms with Gasteiger partial charge in [-0.2, -0.15) is 0 Å². The predicted octanol–water partition coefficient (Wildman–Crippen LogP) is 3.12. The number of rotatable bonds is 1. The molecule has 1 aromatic carbocycles. The molecule has 4 aromatic rings. The molecule has 0 fully saturated rings. The van der Waals surface area contributed by atoms with Crippen LogP contribution in [0.3, 0.4) is 0 Å². The number of phenols is 1. The predicted molar refractivity (Wildman–Crippen MR) is 67.6 cm³/mol. The van der Waals surface area contributed by atoms with Crippen LogP contribution in [0.25, 0.3) is 33.3 Å². The molecule has 3 N–H and O–H groups in total. The highest BCUT2D eigenvalue weighted by molar-refractivity contribution is 6.12. The molecular formula is C13H8N2O4. The van der Waals surface area contributed by atoms with Gasteiger partial charge in [-0.1, -0.05) is 5.16 Å². The highest BCUT2D eigenvalue weighted by atomic mass is 16.5. The molecule has 0 aliphatic heterocycles. The second kappa shape index (κ2) is 3.32. The lowest BCUT2D eigenvalue weighted by molar-refractivity contribution is 0.435. The van der Waals surface area contributed by atoms with Crippen LogP contribution in [0.5, 0.6) is 5.75 Å². The second-order valence-corrected chi connectivity index (χ2v) is 4.17. The molecule has 0 atom stereocenters. The molecule has 6 heteroatoms. The Balaban J connectivity index is 2.24. The third-order valence-electron chi connectivity index (χ3n) is 3.07. The summed E-state index contributed by atoms with van der Waals surface area (Å²) in [6.07, 6.45) is 2.99. The van der Waals surface area contributed by atoms with Crippen LogP contribution in [0.2, 0.25) is 0 Å². The molecule has 3 aromatic heterocycles. The number of nitrogens with two attached hydrogens (primary N) is 1. The standard InChI is InChI=1S/C13H8N2O4/c14-9-5-8(19-15-9)10-6-1-3-18-13(6)11(16)7-2-4-17-12(7)10/h1-5,16H,(H2,14,15). The topological polar surface area (TPSA) is 98.6 Å². The van der Waals surface area contributed by atoms with Crippen molar-refractivity contribution < 1.29 is 18.5 Å². The third kappa shape index (κ3) is 1.22. The number of aromatic hydroxyl groups is 1. The lowest BCUT2D eigenvalue weighted by Crippen LogP contribution is -1.81. The first-order valence-corrected chi connectivity index (χ1v) is 5.57. The van der Waals surface area contributed by atoms with Gasteiger partial charge in [0.15, 0.2) is 22.9 Å². The van der Waals surface area contributed by atoms with Gasteiger partial charge in [-0.3, -0.25) is 0 Å². The summed E-state index contributed by atoms with van der Waals surface area (Å²) < 4.78 is 15.9. The number of fused-ring (bicyclic) bond motifs is 2. The van der Waals surface area contributed by atoms with Crippen molar-refractivity contribution in [3.05, 3.63) is 30.7 Å². The molecular weight excluding hydrogens is 248 g/mol. The van der Waals surface area contributed by atoms with E-state index in [4.69, 9.17) is 19.1 Å². The molecule has 0 aliphatic rings. The van der Waals surface area contributed by atoms with Crippen LogP contribution in [-0.2, 0) is 0 Å². The maximum Gasteiger partial charge on any atom is 0.177 e. The lowest BCUT2D eigenvalue weighted by atomic mass is 10.0. The normalized spacial score (nSPS) is 11.6. The van der Waals surface area contributed by atoms with E-state index in [1.54, 1.807) is 18.2 Å². The SMILES string of the molecule is Nc1cc(-c2c3ccoc3c(O)c3ccoc23)on1. The minimum Gasteiger partial charge on any atom is -0.504 e. The van der Waals surface area contributed by atoms with Crippen molar-refractivity contribution in [3.63, 3.8) is 0 Å². The van der Waals surface area contributed by atoms with Gasteiger partial charge < -0.3 is 24.2 Å². The zero-order valence-corrected chi connectivity index (χ0v) is 9.58. The third-order valence-corrected chi connectivity index (χ3v) is 3.07. The van der Waals surface area contributed by atoms with E-state index in [1.807, 2.05) is 0 Å². The van der Waals surface area contributed by atoms with Crippen molar-refractivity contribution in [1.29, 1.82) is 0 Å². The largest absolute Gasteiger partial charge is 0.504 e. The van der Waals surface area contributed by atoms with Crippen molar-refractivity contribution in [2.24, 2.45) is 0 Å². The molecule has 0 radical (unpaired) electrons. The molecule has 19 heavy (non-hydrogen) atoms. The van der Waals surface area contributed by atoms with E-state index in [2.05, 4.69) is 5.16 Å². The molecule has 0 spiro atoms. The van der Waals surface area contributed by atoms with Gasteiger partial charge in [0.05, 0.1) is 23.5 Å². The van der Waals surface area contributed by atoms with Crippen LogP contribution < -0.4 is 5.73 Å². The van der Waals surface area contributed by atoms with Gasteiger partial charge in [0.2, 0.25) is 0 Å². The smallest absolute Gasteiger partial charge is 0.177 e. The van der Waals surface area contributed by atoms with Crippen molar-refractivity contribution in [1.82, 2.24) is 5.16 Å². The second-order valence-electron chi connectivity index (χ2n) is 4.17. The minimum absolute atomic E-state index is 0.0417. The zero-order valence-electron chi connectivity index (χ0n) is 9.58. The van der Waals surface area contributed by atoms with Gasteiger partial charge in [-0.05, 0) is 12.1 Å². The van der Waals surface area contributed by atoms with E-state index in [0.717, 1.165) is 0 Å². The number of anilines is 1. The Morgan fingerprint density at radius 1 is 1.05 bits per heavy atom. The molecule has 6 nitrogen and oxygen atoms in total. The van der Waals surface area contributed by atoms with Crippen LogP contribution in [0.4, 0.5) is 5.82 Å². The van der Waals surface area contributed by atoms with E-state index < -0.39 is 0 Å². The minimum atomic E-state index is 0.0417. The number of nitrogens with zero attached hydrogens (tertiary/aromatic N) is 1. The van der Waals surface area contributed by atoms with Gasteiger partial charge >= 0.3 is 0 Å². The van der Waals surface area contributed by atoms with Crippen molar-refractivity contribution in [2.45, 2.75) is 0 Å². The highest BCUT2D eigenvalue weighted by Crippen LogP contribution is 2.43. The number of aromatic nitrogens is 1. The summed E-state index contributed by atoms with van der Waals surface area (Å²) >= 11 is 0.